The largest absolute Gasteiger partial charge is 0.461 e. The third-order valence-electron chi connectivity index (χ3n) is 7.56. The number of nitrogens with one attached hydrogen (secondary N) is 2. The van der Waals surface area contributed by atoms with Gasteiger partial charge in [0.1, 0.15) is 11.6 Å². The summed E-state index contributed by atoms with van der Waals surface area (Å²) in [5, 5.41) is 10.3. The predicted molar refractivity (Wildman–Crippen MR) is 154 cm³/mol. The summed E-state index contributed by atoms with van der Waals surface area (Å²) < 4.78 is 41.5. The molecular weight excluding hydrogens is 564 g/mol. The Morgan fingerprint density at radius 2 is 2.02 bits per heavy atom. The standard InChI is InChI=1S/C27H33F2N11O3/c1-37(26-34-25(30)40-27(35-26)33-23(36-40)22-3-2-11-43-22)5-6-38-7-9-39(10-8-38)21-13-18(19(28)14-20(21)29)24(41)32-15-17-16-42-12-4-31-17/h2-3,11,13-14,17,31H,4-10,12,15-16H2,1H3,(H,32,41)(H2,30,33,34,35,36). The van der Waals surface area contributed by atoms with Crippen molar-refractivity contribution in [3.8, 4) is 11.6 Å². The van der Waals surface area contributed by atoms with E-state index in [0.29, 0.717) is 82.3 Å². The van der Waals surface area contributed by atoms with Crippen molar-refractivity contribution in [3.05, 3.63) is 47.7 Å². The minimum absolute atomic E-state index is 0.0532. The van der Waals surface area contributed by atoms with Crippen LogP contribution in [0.5, 0.6) is 0 Å². The van der Waals surface area contributed by atoms with Crippen molar-refractivity contribution in [2.75, 3.05) is 88.2 Å². The van der Waals surface area contributed by atoms with Crippen molar-refractivity contribution in [2.45, 2.75) is 6.04 Å². The van der Waals surface area contributed by atoms with Gasteiger partial charge in [0, 0.05) is 71.5 Å². The number of rotatable bonds is 9. The quantitative estimate of drug-likeness (QED) is 0.248. The summed E-state index contributed by atoms with van der Waals surface area (Å²) in [5.41, 5.74) is 6.15. The molecule has 1 aromatic carbocycles. The van der Waals surface area contributed by atoms with Crippen LogP contribution in [0.3, 0.4) is 0 Å². The average Bonchev–Trinajstić information content (AvgIpc) is 3.70. The summed E-state index contributed by atoms with van der Waals surface area (Å²) in [7, 11) is 1.86. The highest BCUT2D eigenvalue weighted by molar-refractivity contribution is 5.95. The first-order valence-electron chi connectivity index (χ1n) is 14.1. The lowest BCUT2D eigenvalue weighted by molar-refractivity contribution is 0.0734. The second kappa shape index (κ2) is 12.4. The number of morpholine rings is 1. The van der Waals surface area contributed by atoms with E-state index in [9.17, 15) is 13.6 Å². The second-order valence-corrected chi connectivity index (χ2v) is 10.5. The number of piperazine rings is 1. The Labute approximate surface area is 245 Å². The van der Waals surface area contributed by atoms with Crippen molar-refractivity contribution in [1.82, 2.24) is 40.1 Å². The molecule has 228 valence electrons. The normalized spacial score (nSPS) is 17.8. The first-order valence-corrected chi connectivity index (χ1v) is 14.1. The van der Waals surface area contributed by atoms with E-state index in [1.54, 1.807) is 12.1 Å². The maximum atomic E-state index is 14.8. The Bertz CT molecular complexity index is 1570. The molecule has 5 heterocycles. The van der Waals surface area contributed by atoms with Crippen LogP contribution in [0.4, 0.5) is 26.4 Å². The lowest BCUT2D eigenvalue weighted by Crippen LogP contribution is -2.49. The van der Waals surface area contributed by atoms with Gasteiger partial charge in [-0.1, -0.05) is 0 Å². The summed E-state index contributed by atoms with van der Waals surface area (Å²) in [6.07, 6.45) is 1.54. The highest BCUT2D eigenvalue weighted by Gasteiger charge is 2.24. The van der Waals surface area contributed by atoms with Crippen LogP contribution in [0.2, 0.25) is 0 Å². The molecule has 0 radical (unpaired) electrons. The van der Waals surface area contributed by atoms with Gasteiger partial charge in [-0.05, 0) is 18.2 Å². The third-order valence-corrected chi connectivity index (χ3v) is 7.56. The Morgan fingerprint density at radius 3 is 2.77 bits per heavy atom. The predicted octanol–water partition coefficient (Wildman–Crippen LogP) is 0.616. The number of nitrogen functional groups attached to an aromatic ring is 1. The van der Waals surface area contributed by atoms with Crippen molar-refractivity contribution >= 4 is 29.3 Å². The topological polar surface area (TPSA) is 155 Å². The maximum Gasteiger partial charge on any atom is 0.259 e. The lowest BCUT2D eigenvalue weighted by atomic mass is 10.1. The number of carbonyl (C=O) groups excluding carboxylic acids is 1. The summed E-state index contributed by atoms with van der Waals surface area (Å²) >= 11 is 0. The molecule has 1 unspecified atom stereocenters. The highest BCUT2D eigenvalue weighted by atomic mass is 19.1. The van der Waals surface area contributed by atoms with E-state index in [0.717, 1.165) is 6.07 Å². The molecule has 1 amide bonds. The lowest BCUT2D eigenvalue weighted by Gasteiger charge is -2.37. The number of benzene rings is 1. The molecule has 4 N–H and O–H groups in total. The third kappa shape index (κ3) is 6.35. The van der Waals surface area contributed by atoms with Gasteiger partial charge in [0.2, 0.25) is 17.7 Å². The Kier molecular flexibility index (Phi) is 8.31. The van der Waals surface area contributed by atoms with Gasteiger partial charge in [0.25, 0.3) is 11.7 Å². The molecule has 4 aromatic rings. The van der Waals surface area contributed by atoms with E-state index in [-0.39, 0.29) is 29.8 Å². The van der Waals surface area contributed by atoms with Crippen molar-refractivity contribution < 1.29 is 22.7 Å². The minimum Gasteiger partial charge on any atom is -0.461 e. The van der Waals surface area contributed by atoms with E-state index in [2.05, 4.69) is 35.6 Å². The Hall–Kier alpha value is -4.41. The number of amides is 1. The van der Waals surface area contributed by atoms with E-state index in [4.69, 9.17) is 14.9 Å². The molecule has 6 rings (SSSR count). The summed E-state index contributed by atoms with van der Waals surface area (Å²) in [6, 6.07) is 5.52. The zero-order valence-electron chi connectivity index (χ0n) is 23.7. The number of fused-ring (bicyclic) bond motifs is 1. The number of ether oxygens (including phenoxy) is 1. The molecule has 3 aromatic heterocycles. The summed E-state index contributed by atoms with van der Waals surface area (Å²) in [6.45, 7) is 5.68. The van der Waals surface area contributed by atoms with Crippen LogP contribution in [0, 0.1) is 11.6 Å². The number of halogens is 2. The first-order chi connectivity index (χ1) is 20.9. The Balaban J connectivity index is 1.03. The molecule has 43 heavy (non-hydrogen) atoms. The van der Waals surface area contributed by atoms with Gasteiger partial charge in [0.05, 0.1) is 30.7 Å². The van der Waals surface area contributed by atoms with Gasteiger partial charge in [0.15, 0.2) is 5.76 Å². The molecular formula is C27H33F2N11O3. The molecule has 2 aliphatic heterocycles. The molecule has 0 saturated carbocycles. The van der Waals surface area contributed by atoms with Crippen molar-refractivity contribution in [3.63, 3.8) is 0 Å². The number of carbonyl (C=O) groups is 1. The molecule has 14 nitrogen and oxygen atoms in total. The number of hydrogen-bond donors (Lipinski definition) is 3. The van der Waals surface area contributed by atoms with E-state index < -0.39 is 17.5 Å². The number of likely N-dealkylation sites (N-methyl/N-ethyl adjacent to an activating group) is 1. The zero-order chi connectivity index (χ0) is 29.9. The van der Waals surface area contributed by atoms with Crippen molar-refractivity contribution in [2.24, 2.45) is 0 Å². The fourth-order valence-corrected chi connectivity index (χ4v) is 5.09. The molecule has 16 heteroatoms. The van der Waals surface area contributed by atoms with Crippen LogP contribution < -0.4 is 26.2 Å². The van der Waals surface area contributed by atoms with Crippen LogP contribution in [-0.2, 0) is 4.74 Å². The molecule has 0 spiro atoms. The minimum atomic E-state index is -0.891. The SMILES string of the molecule is CN(CCN1CCN(c2cc(C(=O)NCC3COCCN3)c(F)cc2F)CC1)c1nc(N)n2nc(-c3ccco3)nc2n1. The van der Waals surface area contributed by atoms with Gasteiger partial charge in [-0.25, -0.2) is 8.78 Å². The monoisotopic (exact) mass is 597 g/mol. The molecule has 0 aliphatic carbocycles. The summed E-state index contributed by atoms with van der Waals surface area (Å²) in [5.74, 6) is -0.438. The number of nitrogens with two attached hydrogens (primary N) is 1. The van der Waals surface area contributed by atoms with E-state index in [1.165, 1.54) is 16.8 Å². The number of aromatic nitrogens is 5. The molecule has 1 atom stereocenters. The number of hydrogen-bond acceptors (Lipinski definition) is 12. The van der Waals surface area contributed by atoms with Crippen LogP contribution in [0.15, 0.2) is 34.9 Å². The average molecular weight is 598 g/mol. The van der Waals surface area contributed by atoms with Crippen LogP contribution >= 0.6 is 0 Å². The fourth-order valence-electron chi connectivity index (χ4n) is 5.09. The number of nitrogens with zero attached hydrogens (tertiary/aromatic N) is 8. The fraction of sp³-hybridized carbons (Fsp3) is 0.444. The molecule has 2 saturated heterocycles. The highest BCUT2D eigenvalue weighted by Crippen LogP contribution is 2.25. The molecule has 0 bridgehead atoms. The number of furan rings is 1. The van der Waals surface area contributed by atoms with Gasteiger partial charge in [-0.3, -0.25) is 9.69 Å². The van der Waals surface area contributed by atoms with Gasteiger partial charge in [-0.2, -0.15) is 19.5 Å². The molecule has 2 fully saturated rings. The maximum absolute atomic E-state index is 14.8. The van der Waals surface area contributed by atoms with Gasteiger partial charge >= 0.3 is 0 Å². The van der Waals surface area contributed by atoms with Crippen LogP contribution in [-0.4, -0.2) is 114 Å². The van der Waals surface area contributed by atoms with Crippen molar-refractivity contribution in [1.29, 1.82) is 0 Å². The van der Waals surface area contributed by atoms with Gasteiger partial charge in [-0.15, -0.1) is 5.10 Å². The van der Waals surface area contributed by atoms with Crippen LogP contribution in [0.1, 0.15) is 10.4 Å². The summed E-state index contributed by atoms with van der Waals surface area (Å²) in [4.78, 5) is 31.9. The zero-order valence-corrected chi connectivity index (χ0v) is 23.7. The first kappa shape index (κ1) is 28.7. The van der Waals surface area contributed by atoms with Gasteiger partial charge < -0.3 is 35.3 Å². The Morgan fingerprint density at radius 1 is 1.19 bits per heavy atom. The smallest absolute Gasteiger partial charge is 0.259 e. The second-order valence-electron chi connectivity index (χ2n) is 10.5. The van der Waals surface area contributed by atoms with E-state index >= 15 is 0 Å². The van der Waals surface area contributed by atoms with E-state index in [1.807, 2.05) is 16.8 Å². The van der Waals surface area contributed by atoms with Crippen LogP contribution in [0.25, 0.3) is 17.4 Å². The molecule has 2 aliphatic rings. The number of anilines is 3.